The lowest BCUT2D eigenvalue weighted by Gasteiger charge is -2.30. The van der Waals surface area contributed by atoms with E-state index in [0.717, 1.165) is 69.5 Å². The smallest absolute Gasteiger partial charge is 0.266 e. The number of hydrogen-bond acceptors (Lipinski definition) is 9. The van der Waals surface area contributed by atoms with E-state index < -0.39 is 6.10 Å². The first-order valence-electron chi connectivity index (χ1n) is 12.5. The molecule has 0 spiro atoms. The quantitative estimate of drug-likeness (QED) is 0.408. The Balaban J connectivity index is 1.14. The predicted molar refractivity (Wildman–Crippen MR) is 128 cm³/mol. The number of carbonyl (C=O) groups excluding carboxylic acids is 1. The van der Waals surface area contributed by atoms with E-state index in [1.165, 1.54) is 0 Å². The molecule has 10 heteroatoms. The van der Waals surface area contributed by atoms with Crippen LogP contribution < -0.4 is 15.0 Å². The normalized spacial score (nSPS) is 19.6. The highest BCUT2D eigenvalue weighted by atomic mass is 16.5. The van der Waals surface area contributed by atoms with Gasteiger partial charge in [-0.15, -0.1) is 0 Å². The maximum absolute atomic E-state index is 12.2. The molecule has 1 aromatic heterocycles. The number of amides is 1. The number of benzene rings is 1. The first-order valence-corrected chi connectivity index (χ1v) is 12.5. The fourth-order valence-electron chi connectivity index (χ4n) is 4.59. The number of aromatic nitrogens is 2. The monoisotopic (exact) mass is 488 g/mol. The largest absolute Gasteiger partial charge is 0.494 e. The van der Waals surface area contributed by atoms with Crippen molar-refractivity contribution < 1.29 is 29.0 Å². The van der Waals surface area contributed by atoms with Crippen molar-refractivity contribution in [2.75, 3.05) is 44.4 Å². The summed E-state index contributed by atoms with van der Waals surface area (Å²) in [5.74, 6) is 2.39. The van der Waals surface area contributed by atoms with Gasteiger partial charge in [-0.2, -0.15) is 4.98 Å². The van der Waals surface area contributed by atoms with E-state index in [1.807, 2.05) is 13.0 Å². The SMILES string of the molecule is Cc1cc(OCCCC2CCN(c3noc(C4CCCO4)n3)CC2)ccc1C(=O)NCC(O)CO. The van der Waals surface area contributed by atoms with Gasteiger partial charge in [0.2, 0.25) is 0 Å². The number of nitrogens with zero attached hydrogens (tertiary/aromatic N) is 3. The molecule has 1 amide bonds. The molecule has 0 radical (unpaired) electrons. The third-order valence-electron chi connectivity index (χ3n) is 6.71. The lowest BCUT2D eigenvalue weighted by atomic mass is 9.92. The summed E-state index contributed by atoms with van der Waals surface area (Å²) in [6.07, 6.45) is 5.24. The Hall–Kier alpha value is -2.69. The molecular formula is C25H36N4O6. The zero-order chi connectivity index (χ0) is 24.6. The molecule has 2 saturated heterocycles. The van der Waals surface area contributed by atoms with E-state index in [0.29, 0.717) is 29.9 Å². The highest BCUT2D eigenvalue weighted by molar-refractivity contribution is 5.95. The molecule has 10 nitrogen and oxygen atoms in total. The Labute approximate surface area is 205 Å². The number of nitrogens with one attached hydrogen (secondary N) is 1. The molecule has 0 saturated carbocycles. The second-order valence-electron chi connectivity index (χ2n) is 9.38. The zero-order valence-corrected chi connectivity index (χ0v) is 20.3. The summed E-state index contributed by atoms with van der Waals surface area (Å²) in [5.41, 5.74) is 1.33. The van der Waals surface area contributed by atoms with Crippen molar-refractivity contribution in [3.05, 3.63) is 35.2 Å². The van der Waals surface area contributed by atoms with Gasteiger partial charge in [0.25, 0.3) is 17.7 Å². The van der Waals surface area contributed by atoms with Crippen LogP contribution in [0.4, 0.5) is 5.95 Å². The van der Waals surface area contributed by atoms with Gasteiger partial charge >= 0.3 is 0 Å². The molecule has 35 heavy (non-hydrogen) atoms. The first kappa shape index (κ1) is 25.4. The zero-order valence-electron chi connectivity index (χ0n) is 20.3. The topological polar surface area (TPSA) is 130 Å². The summed E-state index contributed by atoms with van der Waals surface area (Å²) < 4.78 is 17.0. The Morgan fingerprint density at radius 2 is 2.14 bits per heavy atom. The molecule has 2 aromatic rings. The minimum absolute atomic E-state index is 0.0114. The lowest BCUT2D eigenvalue weighted by Crippen LogP contribution is -2.34. The molecule has 4 rings (SSSR count). The van der Waals surface area contributed by atoms with E-state index in [9.17, 15) is 9.90 Å². The summed E-state index contributed by atoms with van der Waals surface area (Å²) in [5, 5.41) is 25.0. The Morgan fingerprint density at radius 1 is 1.31 bits per heavy atom. The van der Waals surface area contributed by atoms with Gasteiger partial charge in [0.1, 0.15) is 11.9 Å². The van der Waals surface area contributed by atoms with Crippen molar-refractivity contribution >= 4 is 11.9 Å². The number of aliphatic hydroxyl groups excluding tert-OH is 2. The van der Waals surface area contributed by atoms with E-state index in [4.69, 9.17) is 19.1 Å². The summed E-state index contributed by atoms with van der Waals surface area (Å²) >= 11 is 0. The van der Waals surface area contributed by atoms with Gasteiger partial charge < -0.3 is 34.4 Å². The highest BCUT2D eigenvalue weighted by Crippen LogP contribution is 2.30. The number of hydrogen-bond donors (Lipinski definition) is 3. The molecule has 3 N–H and O–H groups in total. The first-order chi connectivity index (χ1) is 17.0. The van der Waals surface area contributed by atoms with Crippen molar-refractivity contribution in [2.45, 2.75) is 57.7 Å². The van der Waals surface area contributed by atoms with Crippen LogP contribution in [0.1, 0.15) is 66.4 Å². The molecule has 2 unspecified atom stereocenters. The minimum Gasteiger partial charge on any atom is -0.494 e. The molecule has 2 aliphatic heterocycles. The van der Waals surface area contributed by atoms with Crippen LogP contribution in [0, 0.1) is 12.8 Å². The van der Waals surface area contributed by atoms with Crippen LogP contribution in [-0.2, 0) is 4.74 Å². The van der Waals surface area contributed by atoms with Crippen LogP contribution in [0.25, 0.3) is 0 Å². The fourth-order valence-corrected chi connectivity index (χ4v) is 4.59. The molecule has 2 aliphatic rings. The van der Waals surface area contributed by atoms with Gasteiger partial charge in [-0.05, 0) is 80.3 Å². The lowest BCUT2D eigenvalue weighted by molar-refractivity contribution is 0.0801. The van der Waals surface area contributed by atoms with Crippen molar-refractivity contribution in [3.8, 4) is 5.75 Å². The number of aryl methyl sites for hydroxylation is 1. The van der Waals surface area contributed by atoms with Crippen LogP contribution in [0.2, 0.25) is 0 Å². The van der Waals surface area contributed by atoms with Gasteiger partial charge in [-0.1, -0.05) is 0 Å². The van der Waals surface area contributed by atoms with Gasteiger partial charge in [0.05, 0.1) is 19.3 Å². The highest BCUT2D eigenvalue weighted by Gasteiger charge is 2.27. The number of anilines is 1. The van der Waals surface area contributed by atoms with Crippen LogP contribution in [0.5, 0.6) is 5.75 Å². The number of ether oxygens (including phenoxy) is 2. The van der Waals surface area contributed by atoms with E-state index in [2.05, 4.69) is 20.4 Å². The standard InChI is InChI=1S/C25H36N4O6/c1-17-14-20(6-7-21(17)23(32)26-15-19(31)16-30)33-12-2-4-18-8-10-29(11-9-18)25-27-24(35-28-25)22-5-3-13-34-22/h6-7,14,18-19,22,30-31H,2-5,8-13,15-16H2,1H3,(H,26,32). The fraction of sp³-hybridized carbons (Fsp3) is 0.640. The van der Waals surface area contributed by atoms with Crippen LogP contribution in [-0.4, -0.2) is 71.8 Å². The summed E-state index contributed by atoms with van der Waals surface area (Å²) in [7, 11) is 0. The molecule has 2 fully saturated rings. The van der Waals surface area contributed by atoms with E-state index in [-0.39, 0.29) is 25.2 Å². The van der Waals surface area contributed by atoms with Crippen LogP contribution >= 0.6 is 0 Å². The van der Waals surface area contributed by atoms with Crippen molar-refractivity contribution in [1.82, 2.24) is 15.5 Å². The predicted octanol–water partition coefficient (Wildman–Crippen LogP) is 2.39. The number of aliphatic hydroxyl groups is 2. The second kappa shape index (κ2) is 12.3. The van der Waals surface area contributed by atoms with Gasteiger partial charge in [0, 0.05) is 31.8 Å². The number of piperidine rings is 1. The second-order valence-corrected chi connectivity index (χ2v) is 9.38. The third kappa shape index (κ3) is 6.93. The summed E-state index contributed by atoms with van der Waals surface area (Å²) in [6, 6.07) is 5.37. The number of rotatable bonds is 11. The van der Waals surface area contributed by atoms with Gasteiger partial charge in [-0.25, -0.2) is 0 Å². The van der Waals surface area contributed by atoms with Gasteiger partial charge in [0.15, 0.2) is 0 Å². The molecule has 192 valence electrons. The average molecular weight is 489 g/mol. The van der Waals surface area contributed by atoms with Crippen molar-refractivity contribution in [1.29, 1.82) is 0 Å². The maximum Gasteiger partial charge on any atom is 0.266 e. The maximum atomic E-state index is 12.2. The minimum atomic E-state index is -0.961. The summed E-state index contributed by atoms with van der Waals surface area (Å²) in [4.78, 5) is 19.0. The van der Waals surface area contributed by atoms with Gasteiger partial charge in [-0.3, -0.25) is 4.79 Å². The number of carbonyl (C=O) groups is 1. The Morgan fingerprint density at radius 3 is 2.86 bits per heavy atom. The van der Waals surface area contributed by atoms with E-state index in [1.54, 1.807) is 12.1 Å². The molecule has 2 atom stereocenters. The third-order valence-corrected chi connectivity index (χ3v) is 6.71. The molecule has 0 aliphatic carbocycles. The summed E-state index contributed by atoms with van der Waals surface area (Å²) in [6.45, 7) is 4.72. The van der Waals surface area contributed by atoms with Crippen LogP contribution in [0.3, 0.4) is 0 Å². The molecule has 3 heterocycles. The molecule has 0 bridgehead atoms. The van der Waals surface area contributed by atoms with Crippen molar-refractivity contribution in [3.63, 3.8) is 0 Å². The Kier molecular flexibility index (Phi) is 8.95. The Bertz CT molecular complexity index is 953. The molecule has 1 aromatic carbocycles. The van der Waals surface area contributed by atoms with Crippen molar-refractivity contribution in [2.24, 2.45) is 5.92 Å². The molecular weight excluding hydrogens is 452 g/mol. The van der Waals surface area contributed by atoms with Crippen LogP contribution in [0.15, 0.2) is 22.7 Å². The average Bonchev–Trinajstić information content (AvgIpc) is 3.58. The van der Waals surface area contributed by atoms with E-state index >= 15 is 0 Å².